The molecular formula is C20H24N2O3S. The van der Waals surface area contributed by atoms with Crippen molar-refractivity contribution in [3.63, 3.8) is 0 Å². The lowest BCUT2D eigenvalue weighted by Crippen LogP contribution is -2.28. The van der Waals surface area contributed by atoms with Gasteiger partial charge in [0.25, 0.3) is 0 Å². The number of aliphatic imine (C=N–C) groups is 1. The summed E-state index contributed by atoms with van der Waals surface area (Å²) in [6, 6.07) is 18.6. The van der Waals surface area contributed by atoms with Crippen molar-refractivity contribution in [2.75, 3.05) is 13.6 Å². The van der Waals surface area contributed by atoms with Gasteiger partial charge < -0.3 is 4.74 Å². The van der Waals surface area contributed by atoms with E-state index < -0.39 is 10.0 Å². The van der Waals surface area contributed by atoms with E-state index in [1.807, 2.05) is 37.3 Å². The first kappa shape index (κ1) is 18.6. The first-order valence-corrected chi connectivity index (χ1v) is 10.2. The highest BCUT2D eigenvalue weighted by molar-refractivity contribution is 7.89. The summed E-state index contributed by atoms with van der Waals surface area (Å²) in [5.74, 6) is 0.705. The molecule has 3 rings (SSSR count). The van der Waals surface area contributed by atoms with Crippen molar-refractivity contribution >= 4 is 15.9 Å². The summed E-state index contributed by atoms with van der Waals surface area (Å²) in [6.07, 6.45) is 1.23. The Balaban J connectivity index is 1.53. The van der Waals surface area contributed by atoms with Crippen molar-refractivity contribution in [2.45, 2.75) is 36.8 Å². The van der Waals surface area contributed by atoms with E-state index in [9.17, 15) is 8.42 Å². The fourth-order valence-corrected chi connectivity index (χ4v) is 4.26. The monoisotopic (exact) mass is 372 g/mol. The molecular weight excluding hydrogens is 348 g/mol. The van der Waals surface area contributed by atoms with E-state index in [4.69, 9.17) is 4.74 Å². The molecule has 0 unspecified atom stereocenters. The van der Waals surface area contributed by atoms with E-state index in [1.165, 1.54) is 4.31 Å². The number of hydrogen-bond acceptors (Lipinski definition) is 4. The third-order valence-corrected chi connectivity index (χ3v) is 6.36. The van der Waals surface area contributed by atoms with E-state index in [2.05, 4.69) is 4.99 Å². The first-order chi connectivity index (χ1) is 12.5. The van der Waals surface area contributed by atoms with E-state index >= 15 is 0 Å². The van der Waals surface area contributed by atoms with Crippen molar-refractivity contribution in [1.82, 2.24) is 4.31 Å². The Kier molecular flexibility index (Phi) is 5.74. The van der Waals surface area contributed by atoms with Crippen molar-refractivity contribution in [1.29, 1.82) is 0 Å². The number of sulfonamides is 1. The molecule has 138 valence electrons. The molecule has 6 heteroatoms. The zero-order valence-electron chi connectivity index (χ0n) is 15.1. The molecule has 0 saturated heterocycles. The summed E-state index contributed by atoms with van der Waals surface area (Å²) in [5.41, 5.74) is 1.11. The molecule has 0 bridgehead atoms. The van der Waals surface area contributed by atoms with Gasteiger partial charge in [0, 0.05) is 20.0 Å². The normalized spacial score (nSPS) is 20.0. The minimum atomic E-state index is -3.45. The number of nitrogens with zero attached hydrogens (tertiary/aromatic N) is 2. The van der Waals surface area contributed by atoms with Crippen LogP contribution in [0, 0.1) is 0 Å². The largest absolute Gasteiger partial charge is 0.471 e. The molecule has 2 atom stereocenters. The SMILES string of the molecule is C[C@@H]1N=C(CCCN(C)S(=O)(=O)c2ccccc2)O[C@@H]1c1ccccc1. The molecule has 1 aliphatic rings. The van der Waals surface area contributed by atoms with Gasteiger partial charge >= 0.3 is 0 Å². The maximum Gasteiger partial charge on any atom is 0.242 e. The lowest BCUT2D eigenvalue weighted by molar-refractivity contribution is 0.196. The molecule has 0 saturated carbocycles. The summed E-state index contributed by atoms with van der Waals surface area (Å²) in [7, 11) is -1.84. The zero-order chi connectivity index (χ0) is 18.6. The van der Waals surface area contributed by atoms with Crippen LogP contribution in [0.25, 0.3) is 0 Å². The molecule has 1 aliphatic heterocycles. The summed E-state index contributed by atoms with van der Waals surface area (Å²) < 4.78 is 32.4. The van der Waals surface area contributed by atoms with E-state index in [0.717, 1.165) is 5.56 Å². The Morgan fingerprint density at radius 1 is 1.04 bits per heavy atom. The van der Waals surface area contributed by atoms with Gasteiger partial charge in [0.2, 0.25) is 10.0 Å². The minimum Gasteiger partial charge on any atom is -0.471 e. The van der Waals surface area contributed by atoms with Crippen LogP contribution in [0.1, 0.15) is 31.4 Å². The quantitative estimate of drug-likeness (QED) is 0.745. The van der Waals surface area contributed by atoms with Gasteiger partial charge in [-0.2, -0.15) is 0 Å². The Morgan fingerprint density at radius 2 is 1.65 bits per heavy atom. The molecule has 0 aliphatic carbocycles. The predicted molar refractivity (Wildman–Crippen MR) is 103 cm³/mol. The second-order valence-electron chi connectivity index (χ2n) is 6.46. The lowest BCUT2D eigenvalue weighted by atomic mass is 10.0. The Hall–Kier alpha value is -2.18. The van der Waals surface area contributed by atoms with Crippen LogP contribution in [0.2, 0.25) is 0 Å². The molecule has 0 radical (unpaired) electrons. The summed E-state index contributed by atoms with van der Waals surface area (Å²) in [4.78, 5) is 4.90. The molecule has 5 nitrogen and oxygen atoms in total. The zero-order valence-corrected chi connectivity index (χ0v) is 15.9. The second kappa shape index (κ2) is 8.01. The number of rotatable bonds is 7. The van der Waals surface area contributed by atoms with Gasteiger partial charge in [0.15, 0.2) is 5.90 Å². The van der Waals surface area contributed by atoms with Crippen LogP contribution >= 0.6 is 0 Å². The molecule has 2 aromatic rings. The maximum absolute atomic E-state index is 12.5. The molecule has 2 aromatic carbocycles. The Labute approximate surface area is 155 Å². The van der Waals surface area contributed by atoms with Crippen LogP contribution in [0.5, 0.6) is 0 Å². The fourth-order valence-electron chi connectivity index (χ4n) is 3.03. The van der Waals surface area contributed by atoms with E-state index in [0.29, 0.717) is 30.2 Å². The third-order valence-electron chi connectivity index (χ3n) is 4.49. The topological polar surface area (TPSA) is 59.0 Å². The average Bonchev–Trinajstić information content (AvgIpc) is 3.03. The van der Waals surface area contributed by atoms with Gasteiger partial charge in [-0.3, -0.25) is 0 Å². The van der Waals surface area contributed by atoms with Crippen LogP contribution in [-0.4, -0.2) is 38.3 Å². The second-order valence-corrected chi connectivity index (χ2v) is 8.50. The summed E-state index contributed by atoms with van der Waals surface area (Å²) >= 11 is 0. The molecule has 0 amide bonds. The standard InChI is InChI=1S/C20H24N2O3S/c1-16-20(17-10-5-3-6-11-17)25-19(21-16)14-9-15-22(2)26(23,24)18-12-7-4-8-13-18/h3-8,10-13,16,20H,9,14-15H2,1-2H3/t16-,20-/m0/s1. The van der Waals surface area contributed by atoms with Crippen LogP contribution < -0.4 is 0 Å². The number of ether oxygens (including phenoxy) is 1. The van der Waals surface area contributed by atoms with Crippen LogP contribution in [-0.2, 0) is 14.8 Å². The van der Waals surface area contributed by atoms with Crippen molar-refractivity contribution in [3.8, 4) is 0 Å². The summed E-state index contributed by atoms with van der Waals surface area (Å²) in [5, 5.41) is 0. The molecule has 0 N–H and O–H groups in total. The van der Waals surface area contributed by atoms with Gasteiger partial charge in [-0.1, -0.05) is 48.5 Å². The van der Waals surface area contributed by atoms with Gasteiger partial charge in [0.05, 0.1) is 10.9 Å². The highest BCUT2D eigenvalue weighted by atomic mass is 32.2. The lowest BCUT2D eigenvalue weighted by Gasteiger charge is -2.17. The average molecular weight is 372 g/mol. The number of hydrogen-bond donors (Lipinski definition) is 0. The van der Waals surface area contributed by atoms with Crippen molar-refractivity contribution in [3.05, 3.63) is 66.2 Å². The fraction of sp³-hybridized carbons (Fsp3) is 0.350. The maximum atomic E-state index is 12.5. The van der Waals surface area contributed by atoms with Gasteiger partial charge in [-0.15, -0.1) is 0 Å². The first-order valence-electron chi connectivity index (χ1n) is 8.78. The van der Waals surface area contributed by atoms with Gasteiger partial charge in [-0.25, -0.2) is 17.7 Å². The molecule has 26 heavy (non-hydrogen) atoms. The minimum absolute atomic E-state index is 0.0584. The summed E-state index contributed by atoms with van der Waals surface area (Å²) in [6.45, 7) is 2.46. The van der Waals surface area contributed by atoms with Crippen LogP contribution in [0.3, 0.4) is 0 Å². The smallest absolute Gasteiger partial charge is 0.242 e. The highest BCUT2D eigenvalue weighted by Gasteiger charge is 2.28. The Bertz CT molecular complexity index is 851. The number of benzene rings is 2. The molecule has 0 fully saturated rings. The third kappa shape index (κ3) is 4.14. The highest BCUT2D eigenvalue weighted by Crippen LogP contribution is 2.29. The van der Waals surface area contributed by atoms with Gasteiger partial charge in [-0.05, 0) is 31.0 Å². The van der Waals surface area contributed by atoms with Crippen molar-refractivity contribution in [2.24, 2.45) is 4.99 Å². The van der Waals surface area contributed by atoms with E-state index in [1.54, 1.807) is 37.4 Å². The van der Waals surface area contributed by atoms with E-state index in [-0.39, 0.29) is 12.1 Å². The Morgan fingerprint density at radius 3 is 2.31 bits per heavy atom. The van der Waals surface area contributed by atoms with Crippen LogP contribution in [0.15, 0.2) is 70.6 Å². The van der Waals surface area contributed by atoms with Crippen LogP contribution in [0.4, 0.5) is 0 Å². The van der Waals surface area contributed by atoms with Gasteiger partial charge in [0.1, 0.15) is 6.10 Å². The predicted octanol–water partition coefficient (Wildman–Crippen LogP) is 3.65. The van der Waals surface area contributed by atoms with Crippen molar-refractivity contribution < 1.29 is 13.2 Å². The molecule has 0 aromatic heterocycles. The molecule has 0 spiro atoms. The molecule has 1 heterocycles.